The van der Waals surface area contributed by atoms with Crippen molar-refractivity contribution in [3.05, 3.63) is 90.3 Å². The van der Waals surface area contributed by atoms with E-state index in [0.717, 1.165) is 41.1 Å². The Hall–Kier alpha value is -3.60. The number of carbonyl (C=O) groups is 1. The van der Waals surface area contributed by atoms with Crippen LogP contribution < -0.4 is 10.6 Å². The quantitative estimate of drug-likeness (QED) is 0.416. The van der Waals surface area contributed by atoms with Crippen LogP contribution in [0.15, 0.2) is 78.9 Å². The molecule has 0 fully saturated rings. The normalized spacial score (nSPS) is 11.1. The van der Waals surface area contributed by atoms with Gasteiger partial charge >= 0.3 is 6.03 Å². The molecule has 1 heterocycles. The number of urea groups is 1. The molecule has 2 N–H and O–H groups in total. The van der Waals surface area contributed by atoms with Crippen LogP contribution in [0, 0.1) is 5.92 Å². The lowest BCUT2D eigenvalue weighted by molar-refractivity contribution is 0.251. The molecule has 1 aromatic heterocycles. The smallest absolute Gasteiger partial charge is 0.319 e. The summed E-state index contributed by atoms with van der Waals surface area (Å²) in [5, 5.41) is 5.75. The first-order valence-electron chi connectivity index (χ1n) is 10.8. The van der Waals surface area contributed by atoms with E-state index in [9.17, 15) is 4.79 Å². The van der Waals surface area contributed by atoms with E-state index in [1.54, 1.807) is 0 Å². The highest BCUT2D eigenvalue weighted by Crippen LogP contribution is 2.22. The van der Waals surface area contributed by atoms with Gasteiger partial charge in [0.2, 0.25) is 0 Å². The molecule has 0 atom stereocenters. The number of fused-ring (bicyclic) bond motifs is 1. The van der Waals surface area contributed by atoms with Gasteiger partial charge in [0.25, 0.3) is 0 Å². The summed E-state index contributed by atoms with van der Waals surface area (Å²) in [6, 6.07) is 26.5. The van der Waals surface area contributed by atoms with E-state index in [2.05, 4.69) is 83.6 Å². The van der Waals surface area contributed by atoms with Gasteiger partial charge in [-0.3, -0.25) is 4.57 Å². The Morgan fingerprint density at radius 1 is 0.903 bits per heavy atom. The van der Waals surface area contributed by atoms with Crippen LogP contribution in [0.1, 0.15) is 25.2 Å². The number of benzene rings is 3. The van der Waals surface area contributed by atoms with E-state index in [1.807, 2.05) is 24.3 Å². The van der Waals surface area contributed by atoms with Crippen molar-refractivity contribution in [3.8, 4) is 5.69 Å². The molecule has 0 radical (unpaired) electrons. The van der Waals surface area contributed by atoms with Crippen LogP contribution in [0.4, 0.5) is 10.5 Å². The number of aryl methyl sites for hydroxylation is 2. The van der Waals surface area contributed by atoms with Gasteiger partial charge in [-0.2, -0.15) is 0 Å². The van der Waals surface area contributed by atoms with Gasteiger partial charge in [0.1, 0.15) is 5.82 Å². The van der Waals surface area contributed by atoms with Crippen molar-refractivity contribution < 1.29 is 4.79 Å². The zero-order chi connectivity index (χ0) is 21.6. The molecule has 5 heteroatoms. The summed E-state index contributed by atoms with van der Waals surface area (Å²) < 4.78 is 2.24. The molecule has 0 bridgehead atoms. The molecule has 4 rings (SSSR count). The van der Waals surface area contributed by atoms with Crippen LogP contribution in [-0.2, 0) is 12.8 Å². The summed E-state index contributed by atoms with van der Waals surface area (Å²) in [7, 11) is 0. The lowest BCUT2D eigenvalue weighted by Crippen LogP contribution is -2.31. The number of rotatable bonds is 7. The molecule has 3 aromatic carbocycles. The zero-order valence-electron chi connectivity index (χ0n) is 18.0. The number of nitrogens with zero attached hydrogens (tertiary/aromatic N) is 2. The van der Waals surface area contributed by atoms with Crippen molar-refractivity contribution in [1.29, 1.82) is 0 Å². The van der Waals surface area contributed by atoms with Crippen molar-refractivity contribution >= 4 is 22.8 Å². The van der Waals surface area contributed by atoms with Crippen LogP contribution in [0.5, 0.6) is 0 Å². The minimum Gasteiger partial charge on any atom is -0.338 e. The largest absolute Gasteiger partial charge is 0.338 e. The molecular formula is C26H28N4O. The van der Waals surface area contributed by atoms with E-state index < -0.39 is 0 Å². The van der Waals surface area contributed by atoms with Crippen LogP contribution >= 0.6 is 0 Å². The summed E-state index contributed by atoms with van der Waals surface area (Å²) in [4.78, 5) is 16.8. The Bertz CT molecular complexity index is 1150. The van der Waals surface area contributed by atoms with Gasteiger partial charge in [0.15, 0.2) is 0 Å². The van der Waals surface area contributed by atoms with Gasteiger partial charge < -0.3 is 10.6 Å². The van der Waals surface area contributed by atoms with Crippen LogP contribution in [0.25, 0.3) is 16.7 Å². The Morgan fingerprint density at radius 2 is 1.61 bits per heavy atom. The van der Waals surface area contributed by atoms with Gasteiger partial charge in [-0.15, -0.1) is 0 Å². The van der Waals surface area contributed by atoms with Crippen molar-refractivity contribution in [2.45, 2.75) is 26.7 Å². The zero-order valence-corrected chi connectivity index (χ0v) is 18.0. The highest BCUT2D eigenvalue weighted by atomic mass is 16.2. The average Bonchev–Trinajstić information content (AvgIpc) is 3.16. The lowest BCUT2D eigenvalue weighted by Gasteiger charge is -2.11. The summed E-state index contributed by atoms with van der Waals surface area (Å²) in [5.74, 6) is 1.47. The van der Waals surface area contributed by atoms with E-state index in [1.165, 1.54) is 5.56 Å². The van der Waals surface area contributed by atoms with Gasteiger partial charge in [0, 0.05) is 24.3 Å². The fourth-order valence-electron chi connectivity index (χ4n) is 3.59. The number of imidazole rings is 1. The summed E-state index contributed by atoms with van der Waals surface area (Å²) in [5.41, 5.74) is 5.25. The molecule has 0 spiro atoms. The molecule has 4 aromatic rings. The minimum absolute atomic E-state index is 0.168. The number of aromatic nitrogens is 2. The maximum absolute atomic E-state index is 11.9. The predicted molar refractivity (Wildman–Crippen MR) is 127 cm³/mol. The maximum Gasteiger partial charge on any atom is 0.319 e. The highest BCUT2D eigenvalue weighted by Gasteiger charge is 2.12. The molecule has 31 heavy (non-hydrogen) atoms. The molecule has 5 nitrogen and oxygen atoms in total. The molecule has 2 amide bonds. The predicted octanol–water partition coefficient (Wildman–Crippen LogP) is 5.59. The van der Waals surface area contributed by atoms with E-state index >= 15 is 0 Å². The topological polar surface area (TPSA) is 59.0 Å². The molecule has 0 aliphatic rings. The summed E-state index contributed by atoms with van der Waals surface area (Å²) >= 11 is 0. The van der Waals surface area contributed by atoms with Crippen molar-refractivity contribution in [2.75, 3.05) is 11.9 Å². The minimum atomic E-state index is -0.168. The van der Waals surface area contributed by atoms with E-state index in [-0.39, 0.29) is 6.03 Å². The molecule has 0 aliphatic carbocycles. The Labute approximate surface area is 183 Å². The Kier molecular flexibility index (Phi) is 6.32. The van der Waals surface area contributed by atoms with Gasteiger partial charge in [-0.1, -0.05) is 56.3 Å². The monoisotopic (exact) mass is 412 g/mol. The number of anilines is 1. The first kappa shape index (κ1) is 20.7. The first-order chi connectivity index (χ1) is 15.1. The fraction of sp³-hybridized carbons (Fsp3) is 0.231. The number of carbonyl (C=O) groups excluding carboxylic acids is 1. The second kappa shape index (κ2) is 9.47. The van der Waals surface area contributed by atoms with Gasteiger partial charge in [-0.25, -0.2) is 9.78 Å². The maximum atomic E-state index is 11.9. The number of hydrogen-bond donors (Lipinski definition) is 2. The molecule has 0 unspecified atom stereocenters. The third-order valence-corrected chi connectivity index (χ3v) is 5.16. The van der Waals surface area contributed by atoms with E-state index in [0.29, 0.717) is 12.5 Å². The van der Waals surface area contributed by atoms with Gasteiger partial charge in [0.05, 0.1) is 11.0 Å². The van der Waals surface area contributed by atoms with Crippen LogP contribution in [0.3, 0.4) is 0 Å². The number of amides is 2. The number of nitrogens with one attached hydrogen (secondary N) is 2. The molecular weight excluding hydrogens is 384 g/mol. The molecule has 0 aliphatic heterocycles. The highest BCUT2D eigenvalue weighted by molar-refractivity contribution is 5.89. The average molecular weight is 413 g/mol. The van der Waals surface area contributed by atoms with Gasteiger partial charge in [-0.05, 0) is 54.3 Å². The van der Waals surface area contributed by atoms with Crippen molar-refractivity contribution in [3.63, 3.8) is 0 Å². The number of para-hydroxylation sites is 3. The lowest BCUT2D eigenvalue weighted by atomic mass is 10.1. The third kappa shape index (κ3) is 5.12. The van der Waals surface area contributed by atoms with Crippen molar-refractivity contribution in [1.82, 2.24) is 14.9 Å². The van der Waals surface area contributed by atoms with Crippen molar-refractivity contribution in [2.24, 2.45) is 5.92 Å². The summed E-state index contributed by atoms with van der Waals surface area (Å²) in [6.45, 7) is 4.80. The second-order valence-electron chi connectivity index (χ2n) is 8.11. The molecule has 0 saturated heterocycles. The van der Waals surface area contributed by atoms with Crippen LogP contribution in [0.2, 0.25) is 0 Å². The standard InChI is InChI=1S/C26H28N4O/c1-19(2)18-27-26(31)28-21-15-12-20(13-16-21)14-17-25-29-23-10-6-7-11-24(23)30(25)22-8-4-3-5-9-22/h3-13,15-16,19H,14,17-18H2,1-2H3,(H2,27,28,31). The fourth-order valence-corrected chi connectivity index (χ4v) is 3.59. The van der Waals surface area contributed by atoms with Crippen LogP contribution in [-0.4, -0.2) is 22.1 Å². The summed E-state index contributed by atoms with van der Waals surface area (Å²) in [6.07, 6.45) is 1.70. The Balaban J connectivity index is 1.47. The third-order valence-electron chi connectivity index (χ3n) is 5.16. The molecule has 0 saturated carbocycles. The Morgan fingerprint density at radius 3 is 2.35 bits per heavy atom. The second-order valence-corrected chi connectivity index (χ2v) is 8.11. The molecule has 158 valence electrons. The number of hydrogen-bond acceptors (Lipinski definition) is 2. The first-order valence-corrected chi connectivity index (χ1v) is 10.8. The van der Waals surface area contributed by atoms with E-state index in [4.69, 9.17) is 4.98 Å². The SMILES string of the molecule is CC(C)CNC(=O)Nc1ccc(CCc2nc3ccccc3n2-c2ccccc2)cc1.